The summed E-state index contributed by atoms with van der Waals surface area (Å²) < 4.78 is 13.9. The fraction of sp³-hybridized carbons (Fsp3) is 0.290. The maximum atomic E-state index is 13.9. The highest BCUT2D eigenvalue weighted by molar-refractivity contribution is 6.37. The molecule has 0 bridgehead atoms. The summed E-state index contributed by atoms with van der Waals surface area (Å²) in [6, 6.07) is 20.2. The molecule has 38 heavy (non-hydrogen) atoms. The molecule has 0 spiro atoms. The Kier molecular flexibility index (Phi) is 7.69. The average Bonchev–Trinajstić information content (AvgIpc) is 3.15. The number of benzene rings is 3. The molecule has 2 N–H and O–H groups in total. The van der Waals surface area contributed by atoms with E-state index >= 15 is 0 Å². The zero-order chi connectivity index (χ0) is 27.6. The first-order valence-electron chi connectivity index (χ1n) is 12.7. The smallest absolute Gasteiger partial charge is 0.258 e. The topological polar surface area (TPSA) is 64.7 Å². The van der Waals surface area contributed by atoms with Gasteiger partial charge in [0.15, 0.2) is 0 Å². The molecule has 0 atom stereocenters. The Hall–Kier alpha value is -3.97. The number of carbonyl (C=O) groups is 2. The van der Waals surface area contributed by atoms with E-state index in [1.807, 2.05) is 88.3 Å². The standard InChI is InChI=1S/C31H35FN4O2/c1-20(37)36(31(2,3)4)19-22-8-7-9-23(16-22)29(33-25-13-10-21(11-14-25)18-35(5)6)28-26-15-12-24(32)17-27(26)34-30(28)38/h7-17,33H,18-19H2,1-6H3,(H,34,38)/b29-28-. The van der Waals surface area contributed by atoms with Gasteiger partial charge in [-0.3, -0.25) is 9.59 Å². The van der Waals surface area contributed by atoms with Crippen molar-refractivity contribution in [2.45, 2.75) is 46.3 Å². The summed E-state index contributed by atoms with van der Waals surface area (Å²) >= 11 is 0. The van der Waals surface area contributed by atoms with Crippen LogP contribution in [0.1, 0.15) is 49.9 Å². The van der Waals surface area contributed by atoms with Gasteiger partial charge in [-0.2, -0.15) is 0 Å². The summed E-state index contributed by atoms with van der Waals surface area (Å²) in [6.07, 6.45) is 0. The minimum atomic E-state index is -0.412. The van der Waals surface area contributed by atoms with Gasteiger partial charge in [-0.15, -0.1) is 0 Å². The molecule has 0 saturated carbocycles. The van der Waals surface area contributed by atoms with E-state index in [0.29, 0.717) is 29.1 Å². The number of hydrogen-bond donors (Lipinski definition) is 2. The highest BCUT2D eigenvalue weighted by atomic mass is 19.1. The highest BCUT2D eigenvalue weighted by Crippen LogP contribution is 2.38. The SMILES string of the molecule is CC(=O)N(Cc1cccc(/C(Nc2ccc(CN(C)C)cc2)=C2/C(=O)Nc3cc(F)ccc32)c1)C(C)(C)C. The third-order valence-electron chi connectivity index (χ3n) is 6.44. The van der Waals surface area contributed by atoms with Crippen LogP contribution in [-0.4, -0.2) is 41.2 Å². The minimum absolute atomic E-state index is 0.0106. The lowest BCUT2D eigenvalue weighted by atomic mass is 9.98. The van der Waals surface area contributed by atoms with Crippen molar-refractivity contribution in [3.8, 4) is 0 Å². The molecule has 3 aromatic carbocycles. The Morgan fingerprint density at radius 2 is 1.66 bits per heavy atom. The number of nitrogens with one attached hydrogen (secondary N) is 2. The molecule has 3 aromatic rings. The van der Waals surface area contributed by atoms with Gasteiger partial charge in [0.1, 0.15) is 5.82 Å². The van der Waals surface area contributed by atoms with Crippen molar-refractivity contribution >= 4 is 34.5 Å². The van der Waals surface area contributed by atoms with Crippen LogP contribution in [0.5, 0.6) is 0 Å². The zero-order valence-electron chi connectivity index (χ0n) is 22.9. The summed E-state index contributed by atoms with van der Waals surface area (Å²) in [5.41, 5.74) is 5.50. The molecule has 0 fully saturated rings. The molecule has 2 amide bonds. The molecule has 0 radical (unpaired) electrons. The van der Waals surface area contributed by atoms with Crippen LogP contribution in [-0.2, 0) is 22.7 Å². The van der Waals surface area contributed by atoms with E-state index in [0.717, 1.165) is 23.4 Å². The first-order chi connectivity index (χ1) is 17.9. The van der Waals surface area contributed by atoms with E-state index in [1.165, 1.54) is 17.7 Å². The molecular weight excluding hydrogens is 479 g/mol. The van der Waals surface area contributed by atoms with Gasteiger partial charge >= 0.3 is 0 Å². The Labute approximate surface area is 224 Å². The zero-order valence-corrected chi connectivity index (χ0v) is 22.9. The number of anilines is 2. The normalized spacial score (nSPS) is 14.3. The van der Waals surface area contributed by atoms with Gasteiger partial charge < -0.3 is 20.4 Å². The summed E-state index contributed by atoms with van der Waals surface area (Å²) in [5.74, 6) is -0.726. The van der Waals surface area contributed by atoms with Crippen LogP contribution < -0.4 is 10.6 Å². The molecule has 198 valence electrons. The van der Waals surface area contributed by atoms with Crippen LogP contribution in [0.4, 0.5) is 15.8 Å². The molecule has 1 heterocycles. The number of halogens is 1. The van der Waals surface area contributed by atoms with E-state index in [1.54, 1.807) is 13.0 Å². The molecule has 6 nitrogen and oxygen atoms in total. The fourth-order valence-corrected chi connectivity index (χ4v) is 4.70. The van der Waals surface area contributed by atoms with Crippen LogP contribution in [0.25, 0.3) is 11.3 Å². The number of carbonyl (C=O) groups excluding carboxylic acids is 2. The maximum Gasteiger partial charge on any atom is 0.258 e. The van der Waals surface area contributed by atoms with Gasteiger partial charge in [0.25, 0.3) is 5.91 Å². The number of fused-ring (bicyclic) bond motifs is 1. The lowest BCUT2D eigenvalue weighted by molar-refractivity contribution is -0.134. The second kappa shape index (κ2) is 10.8. The Bertz CT molecular complexity index is 1390. The van der Waals surface area contributed by atoms with Crippen molar-refractivity contribution in [1.29, 1.82) is 0 Å². The summed E-state index contributed by atoms with van der Waals surface area (Å²) in [4.78, 5) is 29.5. The highest BCUT2D eigenvalue weighted by Gasteiger charge is 2.29. The third-order valence-corrected chi connectivity index (χ3v) is 6.44. The van der Waals surface area contributed by atoms with Crippen LogP contribution in [0, 0.1) is 5.82 Å². The molecule has 0 aromatic heterocycles. The second-order valence-corrected chi connectivity index (χ2v) is 10.9. The first-order valence-corrected chi connectivity index (χ1v) is 12.7. The number of rotatable bonds is 7. The van der Waals surface area contributed by atoms with Crippen molar-refractivity contribution in [1.82, 2.24) is 9.80 Å². The van der Waals surface area contributed by atoms with E-state index < -0.39 is 5.82 Å². The lowest BCUT2D eigenvalue weighted by Crippen LogP contribution is -2.43. The third kappa shape index (κ3) is 6.11. The Balaban J connectivity index is 1.80. The second-order valence-electron chi connectivity index (χ2n) is 10.9. The molecule has 7 heteroatoms. The van der Waals surface area contributed by atoms with Gasteiger partial charge in [0.2, 0.25) is 5.91 Å². The van der Waals surface area contributed by atoms with Gasteiger partial charge in [0, 0.05) is 36.8 Å². The average molecular weight is 515 g/mol. The van der Waals surface area contributed by atoms with Crippen molar-refractivity contribution in [3.63, 3.8) is 0 Å². The van der Waals surface area contributed by atoms with Crippen LogP contribution >= 0.6 is 0 Å². The molecule has 4 rings (SSSR count). The molecule has 0 saturated heterocycles. The van der Waals surface area contributed by atoms with E-state index in [4.69, 9.17) is 0 Å². The van der Waals surface area contributed by atoms with Crippen molar-refractivity contribution in [2.24, 2.45) is 0 Å². The van der Waals surface area contributed by atoms with Crippen molar-refractivity contribution in [3.05, 3.63) is 94.8 Å². The number of amides is 2. The van der Waals surface area contributed by atoms with E-state index in [-0.39, 0.29) is 17.4 Å². The monoisotopic (exact) mass is 514 g/mol. The molecule has 0 unspecified atom stereocenters. The Morgan fingerprint density at radius 1 is 0.947 bits per heavy atom. The molecule has 1 aliphatic rings. The van der Waals surface area contributed by atoms with Gasteiger partial charge in [-0.05, 0) is 88.0 Å². The summed E-state index contributed by atoms with van der Waals surface area (Å²) in [7, 11) is 4.04. The Morgan fingerprint density at radius 3 is 2.29 bits per heavy atom. The van der Waals surface area contributed by atoms with Crippen molar-refractivity contribution < 1.29 is 14.0 Å². The minimum Gasteiger partial charge on any atom is -0.354 e. The van der Waals surface area contributed by atoms with Gasteiger partial charge in [0.05, 0.1) is 17.0 Å². The lowest BCUT2D eigenvalue weighted by Gasteiger charge is -2.35. The quantitative estimate of drug-likeness (QED) is 0.382. The first kappa shape index (κ1) is 27.1. The van der Waals surface area contributed by atoms with Gasteiger partial charge in [-0.1, -0.05) is 30.3 Å². The molecular formula is C31H35FN4O2. The predicted octanol–water partition coefficient (Wildman–Crippen LogP) is 5.97. The van der Waals surface area contributed by atoms with Crippen LogP contribution in [0.2, 0.25) is 0 Å². The summed E-state index contributed by atoms with van der Waals surface area (Å²) in [6.45, 7) is 8.84. The number of nitrogens with zero attached hydrogens (tertiary/aromatic N) is 2. The van der Waals surface area contributed by atoms with E-state index in [9.17, 15) is 14.0 Å². The maximum absolute atomic E-state index is 13.9. The van der Waals surface area contributed by atoms with Crippen LogP contribution in [0.3, 0.4) is 0 Å². The van der Waals surface area contributed by atoms with Crippen molar-refractivity contribution in [2.75, 3.05) is 24.7 Å². The predicted molar refractivity (Wildman–Crippen MR) is 152 cm³/mol. The molecule has 0 aliphatic carbocycles. The fourth-order valence-electron chi connectivity index (χ4n) is 4.70. The van der Waals surface area contributed by atoms with Crippen LogP contribution in [0.15, 0.2) is 66.7 Å². The number of hydrogen-bond acceptors (Lipinski definition) is 4. The summed E-state index contributed by atoms with van der Waals surface area (Å²) in [5, 5.41) is 6.27. The van der Waals surface area contributed by atoms with Gasteiger partial charge in [-0.25, -0.2) is 4.39 Å². The van der Waals surface area contributed by atoms with E-state index in [2.05, 4.69) is 15.5 Å². The largest absolute Gasteiger partial charge is 0.354 e. The molecule has 1 aliphatic heterocycles.